The molecule has 258 valence electrons. The maximum atomic E-state index is 16.7. The SMILES string of the molecule is C=C(C)[C@H]1CC[C@@]2(C)OP(=S)(O[C@H]3[C@@H](F)[C@H](n4cnc5c4ncn4ncnc54)O[C@@H]3COP(O)(=S)O[C@H]3CO[C@H](CO)[C@H]3F)SC2C1. The molecule has 4 fully saturated rings. The maximum Gasteiger partial charge on any atom is 0.325 e. The number of hydrogen-bond donors (Lipinski definition) is 2. The van der Waals surface area contributed by atoms with Gasteiger partial charge in [-0.2, -0.15) is 5.10 Å². The molecule has 6 heterocycles. The number of rotatable bonds is 10. The molecular formula is C26H34F2N6O8P2S3. The molecule has 12 atom stereocenters. The third-order valence-corrected chi connectivity index (χ3v) is 16.3. The van der Waals surface area contributed by atoms with Gasteiger partial charge in [0.05, 0.1) is 31.7 Å². The molecule has 4 aliphatic rings. The zero-order valence-corrected chi connectivity index (χ0v) is 29.5. The summed E-state index contributed by atoms with van der Waals surface area (Å²) < 4.78 is 69.3. The molecule has 1 saturated carbocycles. The van der Waals surface area contributed by atoms with Gasteiger partial charge in [0.1, 0.15) is 37.1 Å². The second-order valence-corrected chi connectivity index (χ2v) is 21.4. The van der Waals surface area contributed by atoms with E-state index >= 15 is 4.39 Å². The fourth-order valence-corrected chi connectivity index (χ4v) is 15.1. The van der Waals surface area contributed by atoms with Crippen LogP contribution in [0.5, 0.6) is 0 Å². The van der Waals surface area contributed by atoms with Gasteiger partial charge in [0, 0.05) is 5.25 Å². The first-order chi connectivity index (χ1) is 22.3. The lowest BCUT2D eigenvalue weighted by molar-refractivity contribution is -0.0439. The number of aliphatic hydroxyl groups is 1. The summed E-state index contributed by atoms with van der Waals surface area (Å²) in [6.07, 6.45) is -3.03. The molecule has 0 spiro atoms. The van der Waals surface area contributed by atoms with Crippen molar-refractivity contribution >= 4 is 64.2 Å². The van der Waals surface area contributed by atoms with Gasteiger partial charge in [0.25, 0.3) is 0 Å². The highest BCUT2D eigenvalue weighted by Gasteiger charge is 2.57. The molecule has 1 aliphatic carbocycles. The number of allylic oxidation sites excluding steroid dienone is 1. The Hall–Kier alpha value is -1.05. The van der Waals surface area contributed by atoms with Gasteiger partial charge >= 0.3 is 6.72 Å². The summed E-state index contributed by atoms with van der Waals surface area (Å²) in [5.74, 6) is 0.328. The third kappa shape index (κ3) is 6.50. The van der Waals surface area contributed by atoms with Crippen molar-refractivity contribution in [1.29, 1.82) is 0 Å². The zero-order valence-electron chi connectivity index (χ0n) is 25.3. The Labute approximate surface area is 282 Å². The van der Waals surface area contributed by atoms with Crippen molar-refractivity contribution in [1.82, 2.24) is 29.1 Å². The Bertz CT molecular complexity index is 1770. The first-order valence-corrected chi connectivity index (χ1v) is 21.7. The second kappa shape index (κ2) is 12.9. The smallest absolute Gasteiger partial charge is 0.325 e. The van der Waals surface area contributed by atoms with Gasteiger partial charge < -0.3 is 33.0 Å². The van der Waals surface area contributed by atoms with Gasteiger partial charge in [-0.25, -0.2) is 28.2 Å². The number of imidazole rings is 1. The molecule has 0 bridgehead atoms. The lowest BCUT2D eigenvalue weighted by Gasteiger charge is -2.37. The Morgan fingerprint density at radius 2 is 2.06 bits per heavy atom. The summed E-state index contributed by atoms with van der Waals surface area (Å²) in [4.78, 5) is 23.8. The van der Waals surface area contributed by atoms with E-state index in [1.165, 1.54) is 39.4 Å². The van der Waals surface area contributed by atoms with Crippen LogP contribution < -0.4 is 0 Å². The molecule has 3 unspecified atom stereocenters. The number of fused-ring (bicyclic) bond motifs is 4. The van der Waals surface area contributed by atoms with E-state index in [0.717, 1.165) is 24.8 Å². The van der Waals surface area contributed by atoms with Gasteiger partial charge in [-0.1, -0.05) is 23.5 Å². The average molecular weight is 755 g/mol. The Kier molecular flexibility index (Phi) is 9.46. The Balaban J connectivity index is 1.14. The second-order valence-electron chi connectivity index (χ2n) is 12.3. The van der Waals surface area contributed by atoms with Crippen LogP contribution in [0.2, 0.25) is 0 Å². The number of ether oxygens (including phenoxy) is 2. The topological polar surface area (TPSA) is 157 Å². The van der Waals surface area contributed by atoms with E-state index in [9.17, 15) is 14.4 Å². The number of nitrogens with zero attached hydrogens (tertiary/aromatic N) is 6. The molecule has 2 N–H and O–H groups in total. The van der Waals surface area contributed by atoms with Crippen LogP contribution in [-0.2, 0) is 51.2 Å². The van der Waals surface area contributed by atoms with Crippen LogP contribution in [0.15, 0.2) is 31.1 Å². The van der Waals surface area contributed by atoms with Crippen LogP contribution in [0, 0.1) is 5.92 Å². The van der Waals surface area contributed by atoms with Crippen LogP contribution in [-0.4, -0.2) is 107 Å². The maximum absolute atomic E-state index is 16.7. The average Bonchev–Trinajstić information content (AvgIpc) is 3.82. The number of hydrogen-bond acceptors (Lipinski definition) is 14. The first-order valence-electron chi connectivity index (χ1n) is 15.0. The molecule has 0 aromatic carbocycles. The predicted octanol–water partition coefficient (Wildman–Crippen LogP) is 3.93. The highest BCUT2D eigenvalue weighted by Crippen LogP contribution is 2.75. The minimum absolute atomic E-state index is 0.0316. The van der Waals surface area contributed by atoms with Gasteiger partial charge in [-0.15, -0.1) is 0 Å². The largest absolute Gasteiger partial charge is 0.394 e. The molecule has 14 nitrogen and oxygen atoms in total. The van der Waals surface area contributed by atoms with Crippen LogP contribution in [0.1, 0.15) is 39.3 Å². The molecule has 47 heavy (non-hydrogen) atoms. The van der Waals surface area contributed by atoms with Gasteiger partial charge in [0.15, 0.2) is 35.4 Å². The van der Waals surface area contributed by atoms with Crippen LogP contribution >= 0.6 is 23.8 Å². The fourth-order valence-electron chi connectivity index (χ4n) is 6.45. The molecule has 3 aromatic rings. The van der Waals surface area contributed by atoms with Crippen molar-refractivity contribution in [2.45, 2.75) is 86.9 Å². The van der Waals surface area contributed by atoms with E-state index in [1.54, 1.807) is 0 Å². The lowest BCUT2D eigenvalue weighted by Crippen LogP contribution is -2.40. The Morgan fingerprint density at radius 3 is 2.81 bits per heavy atom. The van der Waals surface area contributed by atoms with E-state index in [1.807, 2.05) is 13.8 Å². The summed E-state index contributed by atoms with van der Waals surface area (Å²) in [7, 11) is 0. The highest BCUT2D eigenvalue weighted by atomic mass is 32.9. The van der Waals surface area contributed by atoms with Crippen LogP contribution in [0.4, 0.5) is 8.78 Å². The fraction of sp³-hybridized carbons (Fsp3) is 0.692. The number of halogens is 2. The monoisotopic (exact) mass is 754 g/mol. The molecule has 3 aliphatic heterocycles. The minimum atomic E-state index is -4.09. The van der Waals surface area contributed by atoms with Crippen LogP contribution in [0.25, 0.3) is 16.8 Å². The zero-order chi connectivity index (χ0) is 33.3. The van der Waals surface area contributed by atoms with Gasteiger partial charge in [-0.05, 0) is 62.6 Å². The molecule has 0 radical (unpaired) electrons. The number of aromatic nitrogens is 6. The molecule has 0 amide bonds. The van der Waals surface area contributed by atoms with Crippen molar-refractivity contribution in [2.24, 2.45) is 5.92 Å². The predicted molar refractivity (Wildman–Crippen MR) is 174 cm³/mol. The minimum Gasteiger partial charge on any atom is -0.394 e. The van der Waals surface area contributed by atoms with E-state index in [4.69, 9.17) is 51.2 Å². The van der Waals surface area contributed by atoms with Crippen molar-refractivity contribution < 1.29 is 46.3 Å². The first kappa shape index (κ1) is 34.4. The van der Waals surface area contributed by atoms with Crippen LogP contribution in [0.3, 0.4) is 0 Å². The van der Waals surface area contributed by atoms with Crippen molar-refractivity contribution in [3.05, 3.63) is 31.1 Å². The lowest BCUT2D eigenvalue weighted by atomic mass is 9.77. The molecule has 7 rings (SSSR count). The summed E-state index contributed by atoms with van der Waals surface area (Å²) >= 11 is 12.6. The van der Waals surface area contributed by atoms with E-state index in [2.05, 4.69) is 26.6 Å². The summed E-state index contributed by atoms with van der Waals surface area (Å²) in [6, 6.07) is 0. The number of alkyl halides is 2. The molecule has 21 heteroatoms. The standard InChI is InChI=1S/C26H34F2N6O8P2S3/c1-13(2)14-4-5-26(3)18(6-14)47-44(46,42-26)41-22-17(9-38-43(36,45)40-16-8-37-15(7-35)19(16)27)39-25(20(22)28)33-11-30-21-23(33)31-12-34-24(21)29-10-32-34/h10-12,14-20,22,25,35H,1,4-9H2,2-3H3,(H,36,45)/t14-,15+,16-,17+,18?,19+,20+,22+,25+,26+,43?,44?/m0/s1. The molecular weight excluding hydrogens is 720 g/mol. The van der Waals surface area contributed by atoms with E-state index in [0.29, 0.717) is 22.7 Å². The number of aliphatic hydroxyl groups excluding tert-OH is 1. The van der Waals surface area contributed by atoms with E-state index in [-0.39, 0.29) is 11.9 Å². The highest BCUT2D eigenvalue weighted by molar-refractivity contribution is 8.68. The van der Waals surface area contributed by atoms with Gasteiger partial charge in [-0.3, -0.25) is 9.09 Å². The van der Waals surface area contributed by atoms with Crippen molar-refractivity contribution in [3.63, 3.8) is 0 Å². The van der Waals surface area contributed by atoms with Gasteiger partial charge in [0.2, 0.25) is 5.69 Å². The molecule has 3 saturated heterocycles. The quantitative estimate of drug-likeness (QED) is 0.227. The normalized spacial score (nSPS) is 40.3. The summed E-state index contributed by atoms with van der Waals surface area (Å²) in [5.41, 5.74) is -1.47. The summed E-state index contributed by atoms with van der Waals surface area (Å²) in [5, 5.41) is 13.4. The summed E-state index contributed by atoms with van der Waals surface area (Å²) in [6.45, 7) is 2.79. The van der Waals surface area contributed by atoms with E-state index < -0.39 is 74.2 Å². The third-order valence-electron chi connectivity index (χ3n) is 9.11. The van der Waals surface area contributed by atoms with Crippen molar-refractivity contribution in [2.75, 3.05) is 19.8 Å². The molecule has 3 aromatic heterocycles. The van der Waals surface area contributed by atoms with Crippen molar-refractivity contribution in [3.8, 4) is 0 Å². The Morgan fingerprint density at radius 1 is 1.26 bits per heavy atom.